The largest absolute Gasteiger partial charge is 0.507 e. The van der Waals surface area contributed by atoms with Gasteiger partial charge in [-0.15, -0.1) is 0 Å². The Morgan fingerprint density at radius 2 is 1.90 bits per heavy atom. The van der Waals surface area contributed by atoms with Crippen molar-refractivity contribution in [3.63, 3.8) is 0 Å². The third kappa shape index (κ3) is 4.98. The lowest BCUT2D eigenvalue weighted by atomic mass is 10.1. The van der Waals surface area contributed by atoms with Gasteiger partial charge in [0.05, 0.1) is 12.7 Å². The van der Waals surface area contributed by atoms with Crippen LogP contribution < -0.4 is 10.1 Å². The smallest absolute Gasteiger partial charge is 0.328 e. The van der Waals surface area contributed by atoms with Gasteiger partial charge in [0, 0.05) is 6.07 Å². The maximum Gasteiger partial charge on any atom is 0.328 e. The number of carbonyl (C=O) groups is 2. The van der Waals surface area contributed by atoms with Crippen LogP contribution in [0.5, 0.6) is 11.5 Å². The maximum atomic E-state index is 12.0. The molecular weight excluding hydrogens is 274 g/mol. The molecule has 116 valence electrons. The van der Waals surface area contributed by atoms with Gasteiger partial charge < -0.3 is 19.9 Å². The first-order valence-corrected chi connectivity index (χ1v) is 6.55. The minimum absolute atomic E-state index is 0.0613. The number of phenolic OH excluding ortho intramolecular Hbond substituents is 1. The summed E-state index contributed by atoms with van der Waals surface area (Å²) in [6.45, 7) is 6.75. The van der Waals surface area contributed by atoms with E-state index in [1.54, 1.807) is 26.8 Å². The Morgan fingerprint density at radius 1 is 1.29 bits per heavy atom. The second kappa shape index (κ2) is 6.47. The predicted molar refractivity (Wildman–Crippen MR) is 77.4 cm³/mol. The molecule has 0 aliphatic rings. The van der Waals surface area contributed by atoms with Gasteiger partial charge in [-0.3, -0.25) is 4.79 Å². The zero-order valence-corrected chi connectivity index (χ0v) is 12.9. The summed E-state index contributed by atoms with van der Waals surface area (Å²) in [5, 5.41) is 12.3. The number of hydrogen-bond donors (Lipinski definition) is 2. The van der Waals surface area contributed by atoms with Gasteiger partial charge in [0.1, 0.15) is 23.1 Å². The second-order valence-corrected chi connectivity index (χ2v) is 5.61. The fourth-order valence-electron chi connectivity index (χ4n) is 1.55. The lowest BCUT2D eigenvalue weighted by Crippen LogP contribution is -2.42. The SMILES string of the molecule is COc1ccc(C(=O)N[C@H](C)C(=O)OC(C)(C)C)c(O)c1. The first-order chi connectivity index (χ1) is 9.64. The predicted octanol–water partition coefficient (Wildman–Crippen LogP) is 1.86. The number of benzene rings is 1. The molecule has 0 heterocycles. The van der Waals surface area contributed by atoms with Crippen molar-refractivity contribution in [2.24, 2.45) is 0 Å². The van der Waals surface area contributed by atoms with Crippen molar-refractivity contribution < 1.29 is 24.2 Å². The number of aromatic hydroxyl groups is 1. The quantitative estimate of drug-likeness (QED) is 0.828. The Morgan fingerprint density at radius 3 is 2.38 bits per heavy atom. The summed E-state index contributed by atoms with van der Waals surface area (Å²) in [5.41, 5.74) is -0.565. The van der Waals surface area contributed by atoms with Crippen LogP contribution in [0.15, 0.2) is 18.2 Å². The lowest BCUT2D eigenvalue weighted by Gasteiger charge is -2.22. The van der Waals surface area contributed by atoms with Crippen LogP contribution in [0.2, 0.25) is 0 Å². The summed E-state index contributed by atoms with van der Waals surface area (Å²) in [7, 11) is 1.46. The number of hydrogen-bond acceptors (Lipinski definition) is 5. The van der Waals surface area contributed by atoms with Crippen LogP contribution >= 0.6 is 0 Å². The van der Waals surface area contributed by atoms with Crippen LogP contribution in [-0.4, -0.2) is 35.7 Å². The summed E-state index contributed by atoms with van der Waals surface area (Å²) in [4.78, 5) is 23.8. The number of nitrogens with one attached hydrogen (secondary N) is 1. The van der Waals surface area contributed by atoms with Crippen LogP contribution in [-0.2, 0) is 9.53 Å². The van der Waals surface area contributed by atoms with Gasteiger partial charge in [0.2, 0.25) is 0 Å². The highest BCUT2D eigenvalue weighted by Crippen LogP contribution is 2.23. The summed E-state index contributed by atoms with van der Waals surface area (Å²) in [6.07, 6.45) is 0. The van der Waals surface area contributed by atoms with E-state index in [0.29, 0.717) is 5.75 Å². The van der Waals surface area contributed by atoms with E-state index in [0.717, 1.165) is 0 Å². The number of methoxy groups -OCH3 is 1. The van der Waals surface area contributed by atoms with Gasteiger partial charge in [-0.25, -0.2) is 4.79 Å². The van der Waals surface area contributed by atoms with Crippen molar-refractivity contribution >= 4 is 11.9 Å². The summed E-state index contributed by atoms with van der Waals surface area (Å²) in [6, 6.07) is 3.48. The molecule has 0 saturated carbocycles. The molecule has 0 aromatic heterocycles. The molecule has 21 heavy (non-hydrogen) atoms. The highest BCUT2D eigenvalue weighted by atomic mass is 16.6. The number of phenols is 1. The minimum Gasteiger partial charge on any atom is -0.507 e. The van der Waals surface area contributed by atoms with Crippen LogP contribution in [0.25, 0.3) is 0 Å². The zero-order chi connectivity index (χ0) is 16.2. The van der Waals surface area contributed by atoms with Crippen molar-refractivity contribution in [1.82, 2.24) is 5.32 Å². The molecule has 0 aliphatic heterocycles. The highest BCUT2D eigenvalue weighted by Gasteiger charge is 2.24. The van der Waals surface area contributed by atoms with E-state index >= 15 is 0 Å². The van der Waals surface area contributed by atoms with Crippen LogP contribution in [0.3, 0.4) is 0 Å². The standard InChI is InChI=1S/C15H21NO5/c1-9(14(19)21-15(2,3)4)16-13(18)11-7-6-10(20-5)8-12(11)17/h6-9,17H,1-5H3,(H,16,18)/t9-/m1/s1. The number of esters is 1. The lowest BCUT2D eigenvalue weighted by molar-refractivity contribution is -0.156. The van der Waals surface area contributed by atoms with Crippen molar-refractivity contribution in [3.05, 3.63) is 23.8 Å². The van der Waals surface area contributed by atoms with Gasteiger partial charge in [-0.05, 0) is 39.8 Å². The average Bonchev–Trinajstić information content (AvgIpc) is 2.36. The van der Waals surface area contributed by atoms with E-state index in [1.165, 1.54) is 26.2 Å². The molecule has 1 aromatic rings. The molecule has 0 fully saturated rings. The second-order valence-electron chi connectivity index (χ2n) is 5.61. The first kappa shape index (κ1) is 16.8. The molecule has 1 aromatic carbocycles. The summed E-state index contributed by atoms with van der Waals surface area (Å²) >= 11 is 0. The third-order valence-electron chi connectivity index (χ3n) is 2.56. The molecule has 0 spiro atoms. The molecule has 6 nitrogen and oxygen atoms in total. The van der Waals surface area contributed by atoms with E-state index in [-0.39, 0.29) is 11.3 Å². The molecule has 0 radical (unpaired) electrons. The van der Waals surface area contributed by atoms with Crippen molar-refractivity contribution in [2.75, 3.05) is 7.11 Å². The molecule has 1 rings (SSSR count). The van der Waals surface area contributed by atoms with Crippen LogP contribution in [0.1, 0.15) is 38.1 Å². The van der Waals surface area contributed by atoms with Crippen molar-refractivity contribution in [2.45, 2.75) is 39.3 Å². The monoisotopic (exact) mass is 295 g/mol. The van der Waals surface area contributed by atoms with E-state index in [1.807, 2.05) is 0 Å². The molecule has 6 heteroatoms. The summed E-state index contributed by atoms with van der Waals surface area (Å²) < 4.78 is 10.1. The number of amides is 1. The number of carbonyl (C=O) groups excluding carboxylic acids is 2. The molecule has 0 aliphatic carbocycles. The Hall–Kier alpha value is -2.24. The molecule has 0 bridgehead atoms. The van der Waals surface area contributed by atoms with Gasteiger partial charge in [0.25, 0.3) is 5.91 Å². The van der Waals surface area contributed by atoms with Gasteiger partial charge >= 0.3 is 5.97 Å². The fraction of sp³-hybridized carbons (Fsp3) is 0.467. The van der Waals surface area contributed by atoms with E-state index in [2.05, 4.69) is 5.32 Å². The number of rotatable bonds is 4. The fourth-order valence-corrected chi connectivity index (χ4v) is 1.55. The van der Waals surface area contributed by atoms with Crippen LogP contribution in [0.4, 0.5) is 0 Å². The van der Waals surface area contributed by atoms with E-state index in [9.17, 15) is 14.7 Å². The van der Waals surface area contributed by atoms with Crippen molar-refractivity contribution in [1.29, 1.82) is 0 Å². The minimum atomic E-state index is -0.821. The topological polar surface area (TPSA) is 84.9 Å². The van der Waals surface area contributed by atoms with Gasteiger partial charge in [-0.1, -0.05) is 0 Å². The molecule has 0 saturated heterocycles. The normalized spacial score (nSPS) is 12.4. The zero-order valence-electron chi connectivity index (χ0n) is 12.9. The molecule has 1 amide bonds. The molecule has 2 N–H and O–H groups in total. The van der Waals surface area contributed by atoms with E-state index in [4.69, 9.17) is 9.47 Å². The molecular formula is C15H21NO5. The Bertz CT molecular complexity index is 533. The maximum absolute atomic E-state index is 12.0. The Kier molecular flexibility index (Phi) is 5.18. The average molecular weight is 295 g/mol. The summed E-state index contributed by atoms with van der Waals surface area (Å²) in [5.74, 6) is -0.884. The molecule has 1 atom stereocenters. The number of ether oxygens (including phenoxy) is 2. The Labute approximate surface area is 124 Å². The highest BCUT2D eigenvalue weighted by molar-refractivity contribution is 5.99. The third-order valence-corrected chi connectivity index (χ3v) is 2.56. The first-order valence-electron chi connectivity index (χ1n) is 6.55. The van der Waals surface area contributed by atoms with Crippen molar-refractivity contribution in [3.8, 4) is 11.5 Å². The molecule has 0 unspecified atom stereocenters. The van der Waals surface area contributed by atoms with Gasteiger partial charge in [0.15, 0.2) is 0 Å². The Balaban J connectivity index is 2.75. The van der Waals surface area contributed by atoms with Crippen LogP contribution in [0, 0.1) is 0 Å². The van der Waals surface area contributed by atoms with E-state index < -0.39 is 23.5 Å². The van der Waals surface area contributed by atoms with Gasteiger partial charge in [-0.2, -0.15) is 0 Å².